The fourth-order valence-corrected chi connectivity index (χ4v) is 6.20. The number of carboxylic acid groups (broad SMARTS) is 1. The Bertz CT molecular complexity index is 1800. The topological polar surface area (TPSA) is 110 Å². The van der Waals surface area contributed by atoms with Crippen LogP contribution in [0.2, 0.25) is 0 Å². The number of hydrogen-bond donors (Lipinski definition) is 2. The van der Waals surface area contributed by atoms with Gasteiger partial charge in [0.2, 0.25) is 12.0 Å². The summed E-state index contributed by atoms with van der Waals surface area (Å²) >= 11 is 0. The molecule has 1 amide bonds. The maximum atomic E-state index is 13.9. The molecule has 218 valence electrons. The van der Waals surface area contributed by atoms with E-state index >= 15 is 0 Å². The molecule has 1 aliphatic rings. The Morgan fingerprint density at radius 2 is 1.67 bits per heavy atom. The fourth-order valence-electron chi connectivity index (χ4n) is 6.20. The van der Waals surface area contributed by atoms with E-state index in [1.54, 1.807) is 24.8 Å². The zero-order valence-electron chi connectivity index (χ0n) is 24.3. The van der Waals surface area contributed by atoms with E-state index in [1.165, 1.54) is 0 Å². The number of anilines is 1. The zero-order chi connectivity index (χ0) is 30.1. The monoisotopic (exact) mass is 575 g/mol. The average Bonchev–Trinajstić information content (AvgIpc) is 3.26. The van der Waals surface area contributed by atoms with Gasteiger partial charge in [0.25, 0.3) is 0 Å². The van der Waals surface area contributed by atoms with Gasteiger partial charge in [-0.15, -0.1) is 0 Å². The SMILES string of the molecule is Cc1cc(C)nc(O[C@H](C(=O)O)[C@@]2(c3ccccc3)NCC(=O)N(CCc3cn(C)c4ccccc34)c3ccccc32)n1. The Morgan fingerprint density at radius 1 is 1.00 bits per heavy atom. The van der Waals surface area contributed by atoms with Crippen molar-refractivity contribution in [1.82, 2.24) is 19.9 Å². The Balaban J connectivity index is 1.48. The van der Waals surface area contributed by atoms with E-state index in [0.29, 0.717) is 41.2 Å². The number of aryl methyl sites for hydroxylation is 3. The molecule has 5 aromatic rings. The van der Waals surface area contributed by atoms with Crippen LogP contribution in [0.25, 0.3) is 10.9 Å². The lowest BCUT2D eigenvalue weighted by Gasteiger charge is -2.39. The first-order valence-corrected chi connectivity index (χ1v) is 14.2. The van der Waals surface area contributed by atoms with Crippen LogP contribution in [0.1, 0.15) is 28.1 Å². The maximum Gasteiger partial charge on any atom is 0.347 e. The van der Waals surface area contributed by atoms with E-state index in [0.717, 1.165) is 16.5 Å². The molecular formula is C34H33N5O4. The number of benzene rings is 3. The highest BCUT2D eigenvalue weighted by atomic mass is 16.5. The van der Waals surface area contributed by atoms with Gasteiger partial charge in [0.05, 0.1) is 6.54 Å². The molecule has 1 aliphatic heterocycles. The van der Waals surface area contributed by atoms with Crippen molar-refractivity contribution in [2.75, 3.05) is 18.0 Å². The highest BCUT2D eigenvalue weighted by molar-refractivity contribution is 5.98. The Labute approximate surface area is 249 Å². The van der Waals surface area contributed by atoms with Gasteiger partial charge >= 0.3 is 12.0 Å². The molecule has 0 aliphatic carbocycles. The molecule has 2 atom stereocenters. The highest BCUT2D eigenvalue weighted by Crippen LogP contribution is 2.42. The van der Waals surface area contributed by atoms with Gasteiger partial charge in [-0.05, 0) is 49.6 Å². The van der Waals surface area contributed by atoms with E-state index in [2.05, 4.69) is 38.2 Å². The minimum Gasteiger partial charge on any atom is -0.478 e. The summed E-state index contributed by atoms with van der Waals surface area (Å²) in [5.74, 6) is -1.39. The molecule has 2 aromatic heterocycles. The second-order valence-electron chi connectivity index (χ2n) is 10.9. The van der Waals surface area contributed by atoms with Crippen LogP contribution in [-0.2, 0) is 28.6 Å². The van der Waals surface area contributed by atoms with Gasteiger partial charge in [-0.3, -0.25) is 10.1 Å². The average molecular weight is 576 g/mol. The molecule has 0 bridgehead atoms. The smallest absolute Gasteiger partial charge is 0.347 e. The molecule has 2 N–H and O–H groups in total. The largest absolute Gasteiger partial charge is 0.478 e. The van der Waals surface area contributed by atoms with Gasteiger partial charge < -0.3 is 19.3 Å². The molecule has 9 nitrogen and oxygen atoms in total. The highest BCUT2D eigenvalue weighted by Gasteiger charge is 2.52. The molecule has 9 heteroatoms. The number of para-hydroxylation sites is 2. The number of carboxylic acids is 1. The second-order valence-corrected chi connectivity index (χ2v) is 10.9. The third kappa shape index (κ3) is 5.12. The predicted molar refractivity (Wildman–Crippen MR) is 164 cm³/mol. The van der Waals surface area contributed by atoms with Crippen LogP contribution in [0, 0.1) is 13.8 Å². The quantitative estimate of drug-likeness (QED) is 0.280. The first-order valence-electron chi connectivity index (χ1n) is 14.2. The molecular weight excluding hydrogens is 542 g/mol. The van der Waals surface area contributed by atoms with E-state index in [1.807, 2.05) is 73.8 Å². The van der Waals surface area contributed by atoms with Crippen molar-refractivity contribution in [3.8, 4) is 6.01 Å². The maximum absolute atomic E-state index is 13.9. The normalized spacial score (nSPS) is 17.4. The molecule has 0 fully saturated rings. The van der Waals surface area contributed by atoms with E-state index < -0.39 is 17.6 Å². The van der Waals surface area contributed by atoms with Gasteiger partial charge in [0, 0.05) is 53.3 Å². The molecule has 0 saturated carbocycles. The number of ether oxygens (including phenoxy) is 1. The third-order valence-electron chi connectivity index (χ3n) is 8.06. The van der Waals surface area contributed by atoms with Crippen LogP contribution < -0.4 is 15.0 Å². The van der Waals surface area contributed by atoms with Crippen molar-refractivity contribution in [1.29, 1.82) is 0 Å². The van der Waals surface area contributed by atoms with E-state index in [4.69, 9.17) is 4.74 Å². The fraction of sp³-hybridized carbons (Fsp3) is 0.235. The minimum atomic E-state index is -1.51. The van der Waals surface area contributed by atoms with E-state index in [9.17, 15) is 14.7 Å². The first-order chi connectivity index (χ1) is 20.8. The lowest BCUT2D eigenvalue weighted by molar-refractivity contribution is -0.149. The number of carbonyl (C=O) groups excluding carboxylic acids is 1. The van der Waals surface area contributed by atoms with Gasteiger partial charge in [0.15, 0.2) is 0 Å². The Hall–Kier alpha value is -5.02. The summed E-state index contributed by atoms with van der Waals surface area (Å²) in [7, 11) is 2.02. The standard InChI is InChI=1S/C34H33N5O4/c1-22-19-23(2)37-33(36-22)43-31(32(41)42)34(25-11-5-4-6-12-25)27-14-8-10-16-29(27)39(30(40)20-35-34)18-17-24-21-38(3)28-15-9-7-13-26(24)28/h4-16,19,21,31,35H,17-18,20H2,1-3H3,(H,41,42)/t31-,34+/m1/s1. The van der Waals surface area contributed by atoms with Crippen LogP contribution in [-0.4, -0.2) is 50.7 Å². The summed E-state index contributed by atoms with van der Waals surface area (Å²) in [5.41, 5.74) is 4.00. The number of rotatable bonds is 8. The lowest BCUT2D eigenvalue weighted by Crippen LogP contribution is -2.58. The molecule has 0 spiro atoms. The van der Waals surface area contributed by atoms with Crippen molar-refractivity contribution in [3.63, 3.8) is 0 Å². The molecule has 0 radical (unpaired) electrons. The Kier molecular flexibility index (Phi) is 7.41. The molecule has 0 unspecified atom stereocenters. The van der Waals surface area contributed by atoms with Gasteiger partial charge in [-0.2, -0.15) is 0 Å². The van der Waals surface area contributed by atoms with Crippen LogP contribution in [0.15, 0.2) is 91.1 Å². The summed E-state index contributed by atoms with van der Waals surface area (Å²) in [6, 6.07) is 26.7. The van der Waals surface area contributed by atoms with Gasteiger partial charge in [-0.25, -0.2) is 14.8 Å². The number of aromatic nitrogens is 3. The van der Waals surface area contributed by atoms with Crippen LogP contribution >= 0.6 is 0 Å². The van der Waals surface area contributed by atoms with E-state index in [-0.39, 0.29) is 18.5 Å². The molecule has 3 aromatic carbocycles. The summed E-state index contributed by atoms with van der Waals surface area (Å²) in [6.45, 7) is 3.90. The van der Waals surface area contributed by atoms with Crippen molar-refractivity contribution in [3.05, 3.63) is 119 Å². The predicted octanol–water partition coefficient (Wildman–Crippen LogP) is 4.54. The third-order valence-corrected chi connectivity index (χ3v) is 8.06. The minimum absolute atomic E-state index is 0.0390. The van der Waals surface area contributed by atoms with Crippen LogP contribution in [0.3, 0.4) is 0 Å². The van der Waals surface area contributed by atoms with Crippen molar-refractivity contribution >= 4 is 28.5 Å². The number of amides is 1. The van der Waals surface area contributed by atoms with Crippen molar-refractivity contribution in [2.45, 2.75) is 31.9 Å². The molecule has 6 rings (SSSR count). The lowest BCUT2D eigenvalue weighted by atomic mass is 9.77. The van der Waals surface area contributed by atoms with Crippen molar-refractivity contribution < 1.29 is 19.4 Å². The van der Waals surface area contributed by atoms with Crippen LogP contribution in [0.4, 0.5) is 5.69 Å². The number of aliphatic carboxylic acids is 1. The van der Waals surface area contributed by atoms with Crippen LogP contribution in [0.5, 0.6) is 6.01 Å². The van der Waals surface area contributed by atoms with Crippen molar-refractivity contribution in [2.24, 2.45) is 7.05 Å². The van der Waals surface area contributed by atoms with Gasteiger partial charge in [-0.1, -0.05) is 66.7 Å². The first kappa shape index (κ1) is 28.1. The molecule has 3 heterocycles. The zero-order valence-corrected chi connectivity index (χ0v) is 24.3. The summed E-state index contributed by atoms with van der Waals surface area (Å²) in [4.78, 5) is 37.5. The number of fused-ring (bicyclic) bond motifs is 2. The molecule has 43 heavy (non-hydrogen) atoms. The summed E-state index contributed by atoms with van der Waals surface area (Å²) < 4.78 is 8.27. The summed E-state index contributed by atoms with van der Waals surface area (Å²) in [6.07, 6.45) is 1.21. The summed E-state index contributed by atoms with van der Waals surface area (Å²) in [5, 5.41) is 15.2. The second kappa shape index (κ2) is 11.3. The Morgan fingerprint density at radius 3 is 2.42 bits per heavy atom. The van der Waals surface area contributed by atoms with Gasteiger partial charge in [0.1, 0.15) is 5.54 Å². The number of carbonyl (C=O) groups is 2. The number of nitrogens with zero attached hydrogens (tertiary/aromatic N) is 4. The number of hydrogen-bond acceptors (Lipinski definition) is 6. The number of nitrogens with one attached hydrogen (secondary N) is 1. The molecule has 0 saturated heterocycles.